The fourth-order valence-corrected chi connectivity index (χ4v) is 4.76. The number of carbonyl (C=O) groups is 1. The molecule has 0 amide bonds. The lowest BCUT2D eigenvalue weighted by Crippen LogP contribution is -2.44. The number of halogens is 6. The van der Waals surface area contributed by atoms with Gasteiger partial charge in [0, 0.05) is 0 Å². The molecule has 1 unspecified atom stereocenters. The summed E-state index contributed by atoms with van der Waals surface area (Å²) in [5.74, 6) is -0.764. The van der Waals surface area contributed by atoms with E-state index >= 15 is 0 Å². The molecule has 1 aromatic heterocycles. The largest absolute Gasteiger partial charge is 0.421 e. The minimum absolute atomic E-state index is 0.121. The van der Waals surface area contributed by atoms with E-state index in [1.165, 1.54) is 0 Å². The summed E-state index contributed by atoms with van der Waals surface area (Å²) < 4.78 is 41.1. The Morgan fingerprint density at radius 2 is 1.77 bits per heavy atom. The molecular weight excluding hydrogens is 432 g/mol. The first-order valence-corrected chi connectivity index (χ1v) is 9.62. The topological polar surface area (TPSA) is 37.3 Å². The van der Waals surface area contributed by atoms with Crippen LogP contribution in [0.3, 0.4) is 0 Å². The van der Waals surface area contributed by atoms with E-state index in [0.29, 0.717) is 6.42 Å². The summed E-state index contributed by atoms with van der Waals surface area (Å²) in [5.41, 5.74) is -2.26. The first kappa shape index (κ1) is 20.0. The second-order valence-corrected chi connectivity index (χ2v) is 8.21. The summed E-state index contributed by atoms with van der Waals surface area (Å²) in [5, 5.41) is 11.7. The smallest absolute Gasteiger partial charge is 0.376 e. The van der Waals surface area contributed by atoms with E-state index in [4.69, 9.17) is 34.8 Å². The summed E-state index contributed by atoms with van der Waals surface area (Å²) in [6.07, 6.45) is -3.93. The van der Waals surface area contributed by atoms with Crippen LogP contribution in [0.1, 0.15) is 39.2 Å². The lowest BCUT2D eigenvalue weighted by Gasteiger charge is -2.31. The van der Waals surface area contributed by atoms with Crippen molar-refractivity contribution in [2.24, 2.45) is 0 Å². The molecule has 1 heterocycles. The Labute approximate surface area is 166 Å². The van der Waals surface area contributed by atoms with Crippen molar-refractivity contribution in [1.29, 1.82) is 0 Å². The highest BCUT2D eigenvalue weighted by atomic mass is 35.5. The number of benzene rings is 1. The van der Waals surface area contributed by atoms with Crippen LogP contribution < -0.4 is 0 Å². The maximum atomic E-state index is 13.7. The zero-order valence-corrected chi connectivity index (χ0v) is 16.2. The Kier molecular flexibility index (Phi) is 5.36. The summed E-state index contributed by atoms with van der Waals surface area (Å²) in [4.78, 5) is 12.9. The molecule has 2 aromatic rings. The highest BCUT2D eigenvalue weighted by molar-refractivity contribution is 7.12. The van der Waals surface area contributed by atoms with Gasteiger partial charge in [-0.15, -0.1) is 11.3 Å². The van der Waals surface area contributed by atoms with Crippen molar-refractivity contribution in [1.82, 2.24) is 0 Å². The number of aliphatic hydroxyl groups is 1. The molecule has 9 heteroatoms. The first-order chi connectivity index (χ1) is 12.0. The molecule has 26 heavy (non-hydrogen) atoms. The van der Waals surface area contributed by atoms with Crippen LogP contribution in [0.15, 0.2) is 17.5 Å². The van der Waals surface area contributed by atoms with E-state index < -0.39 is 29.5 Å². The molecule has 0 fully saturated rings. The van der Waals surface area contributed by atoms with Gasteiger partial charge in [-0.3, -0.25) is 4.79 Å². The van der Waals surface area contributed by atoms with Crippen LogP contribution in [0.4, 0.5) is 13.2 Å². The molecular formula is C17H12Cl3F3O2S. The van der Waals surface area contributed by atoms with Crippen LogP contribution in [-0.2, 0) is 18.4 Å². The lowest BCUT2D eigenvalue weighted by atomic mass is 9.87. The highest BCUT2D eigenvalue weighted by Gasteiger charge is 2.56. The van der Waals surface area contributed by atoms with Crippen molar-refractivity contribution < 1.29 is 23.1 Å². The van der Waals surface area contributed by atoms with Crippen LogP contribution in [0.25, 0.3) is 0 Å². The zero-order chi connectivity index (χ0) is 19.3. The van der Waals surface area contributed by atoms with Gasteiger partial charge >= 0.3 is 6.18 Å². The van der Waals surface area contributed by atoms with E-state index in [0.717, 1.165) is 47.4 Å². The average Bonchev–Trinajstić information content (AvgIpc) is 3.13. The van der Waals surface area contributed by atoms with Gasteiger partial charge in [0.2, 0.25) is 0 Å². The van der Waals surface area contributed by atoms with Gasteiger partial charge in [-0.2, -0.15) is 13.2 Å². The monoisotopic (exact) mass is 442 g/mol. The molecule has 0 spiro atoms. The number of carbonyl (C=O) groups excluding carboxylic acids is 1. The van der Waals surface area contributed by atoms with Crippen LogP contribution in [0, 0.1) is 0 Å². The van der Waals surface area contributed by atoms with Crippen molar-refractivity contribution >= 4 is 51.9 Å². The number of thiophene rings is 1. The van der Waals surface area contributed by atoms with Crippen molar-refractivity contribution in [3.63, 3.8) is 0 Å². The molecule has 0 bridgehead atoms. The summed E-state index contributed by atoms with van der Waals surface area (Å²) >= 11 is 18.5. The number of Topliss-reactive ketones (excluding diaryl/α,β-unsaturated/α-hetero) is 1. The van der Waals surface area contributed by atoms with Crippen LogP contribution in [0.2, 0.25) is 15.1 Å². The fraction of sp³-hybridized carbons (Fsp3) is 0.353. The molecule has 1 atom stereocenters. The highest BCUT2D eigenvalue weighted by Crippen LogP contribution is 2.46. The second-order valence-electron chi connectivity index (χ2n) is 6.13. The minimum Gasteiger partial charge on any atom is -0.376 e. The Hall–Kier alpha value is -0.790. The van der Waals surface area contributed by atoms with Crippen molar-refractivity contribution in [3.05, 3.63) is 54.1 Å². The Morgan fingerprint density at radius 3 is 2.35 bits per heavy atom. The van der Waals surface area contributed by atoms with Gasteiger partial charge in [-0.25, -0.2) is 0 Å². The Bertz CT molecular complexity index is 856. The van der Waals surface area contributed by atoms with Gasteiger partial charge in [0.05, 0.1) is 26.4 Å². The maximum Gasteiger partial charge on any atom is 0.421 e. The number of rotatable bonds is 4. The third-order valence-electron chi connectivity index (χ3n) is 4.45. The van der Waals surface area contributed by atoms with E-state index in [1.54, 1.807) is 5.38 Å². The molecule has 0 saturated heterocycles. The number of ketones is 1. The number of aryl methyl sites for hydroxylation is 1. The molecule has 0 saturated carbocycles. The minimum atomic E-state index is -5.11. The standard InChI is InChI=1S/C17H12Cl3F3O2S/c18-11-4-9(5-12(19)14(11)20)16(25,17(21,22)23)6-13(24)15-10-3-1-2-8(10)7-26-15/h4-5,7,25H,1-3,6H2. The van der Waals surface area contributed by atoms with Gasteiger partial charge in [-0.1, -0.05) is 34.8 Å². The number of hydrogen-bond acceptors (Lipinski definition) is 3. The maximum absolute atomic E-state index is 13.7. The average molecular weight is 444 g/mol. The van der Waals surface area contributed by atoms with E-state index in [-0.39, 0.29) is 19.9 Å². The van der Waals surface area contributed by atoms with Gasteiger partial charge in [0.25, 0.3) is 0 Å². The van der Waals surface area contributed by atoms with Crippen LogP contribution in [0.5, 0.6) is 0 Å². The predicted molar refractivity (Wildman–Crippen MR) is 96.7 cm³/mol. The summed E-state index contributed by atoms with van der Waals surface area (Å²) in [6, 6.07) is 1.77. The second kappa shape index (κ2) is 6.99. The number of alkyl halides is 3. The third-order valence-corrected chi connectivity index (χ3v) is 6.76. The molecule has 2 nitrogen and oxygen atoms in total. The SMILES string of the molecule is O=C(CC(O)(c1cc(Cl)c(Cl)c(Cl)c1)C(F)(F)F)c1scc2c1CCC2. The van der Waals surface area contributed by atoms with Gasteiger partial charge in [-0.05, 0) is 53.5 Å². The molecule has 1 aromatic carbocycles. The Balaban J connectivity index is 2.02. The van der Waals surface area contributed by atoms with Gasteiger partial charge in [0.15, 0.2) is 11.4 Å². The molecule has 1 aliphatic carbocycles. The summed E-state index contributed by atoms with van der Waals surface area (Å²) in [7, 11) is 0. The van der Waals surface area contributed by atoms with E-state index in [2.05, 4.69) is 0 Å². The first-order valence-electron chi connectivity index (χ1n) is 7.61. The molecule has 140 valence electrons. The lowest BCUT2D eigenvalue weighted by molar-refractivity contribution is -0.264. The van der Waals surface area contributed by atoms with Crippen molar-refractivity contribution in [2.45, 2.75) is 37.5 Å². The molecule has 0 aliphatic heterocycles. The predicted octanol–water partition coefficient (Wildman–Crippen LogP) is 6.22. The molecule has 1 aliphatic rings. The van der Waals surface area contributed by atoms with Crippen molar-refractivity contribution in [2.75, 3.05) is 0 Å². The number of fused-ring (bicyclic) bond motifs is 1. The molecule has 3 rings (SSSR count). The van der Waals surface area contributed by atoms with Crippen LogP contribution >= 0.6 is 46.1 Å². The third kappa shape index (κ3) is 3.38. The summed E-state index contributed by atoms with van der Waals surface area (Å²) in [6.45, 7) is 0. The van der Waals surface area contributed by atoms with Crippen LogP contribution in [-0.4, -0.2) is 17.1 Å². The zero-order valence-electron chi connectivity index (χ0n) is 13.1. The van der Waals surface area contributed by atoms with Gasteiger partial charge in [0.1, 0.15) is 0 Å². The quantitative estimate of drug-likeness (QED) is 0.450. The molecule has 1 N–H and O–H groups in total. The Morgan fingerprint density at radius 1 is 1.15 bits per heavy atom. The van der Waals surface area contributed by atoms with E-state index in [1.807, 2.05) is 0 Å². The van der Waals surface area contributed by atoms with Crippen molar-refractivity contribution in [3.8, 4) is 0 Å². The fourth-order valence-electron chi connectivity index (χ4n) is 3.06. The van der Waals surface area contributed by atoms with Gasteiger partial charge < -0.3 is 5.11 Å². The normalized spacial score (nSPS) is 16.4. The number of hydrogen-bond donors (Lipinski definition) is 1. The van der Waals surface area contributed by atoms with E-state index in [9.17, 15) is 23.1 Å². The molecule has 0 radical (unpaired) electrons.